The molecular weight excluding hydrogens is 567 g/mol. The number of fused-ring (bicyclic) bond motifs is 9. The fourth-order valence-corrected chi connectivity index (χ4v) is 8.59. The summed E-state index contributed by atoms with van der Waals surface area (Å²) < 4.78 is 11.2. The SMILES string of the molecule is c1ccc(-c2ccc(-c3ccc4oc5ccccc5c4c3)c3c2sc2c(-n4c5ccccc5c5ccccc54)cccc23)cc1. The van der Waals surface area contributed by atoms with E-state index in [1.807, 2.05) is 23.5 Å². The van der Waals surface area contributed by atoms with Crippen molar-refractivity contribution in [3.8, 4) is 27.9 Å². The highest BCUT2D eigenvalue weighted by Gasteiger charge is 2.20. The van der Waals surface area contributed by atoms with Crippen molar-refractivity contribution in [1.29, 1.82) is 0 Å². The van der Waals surface area contributed by atoms with Crippen LogP contribution in [0.1, 0.15) is 0 Å². The number of aromatic nitrogens is 1. The zero-order valence-electron chi connectivity index (χ0n) is 24.2. The number of furan rings is 1. The summed E-state index contributed by atoms with van der Waals surface area (Å²) in [5.74, 6) is 0. The molecule has 45 heavy (non-hydrogen) atoms. The number of hydrogen-bond donors (Lipinski definition) is 0. The van der Waals surface area contributed by atoms with Gasteiger partial charge in [0.2, 0.25) is 0 Å². The number of para-hydroxylation sites is 3. The van der Waals surface area contributed by atoms with Crippen molar-refractivity contribution in [2.45, 2.75) is 0 Å². The molecule has 2 nitrogen and oxygen atoms in total. The van der Waals surface area contributed by atoms with E-state index in [1.54, 1.807) is 0 Å². The molecule has 0 aliphatic rings. The first-order valence-electron chi connectivity index (χ1n) is 15.3. The normalized spacial score (nSPS) is 12.0. The molecule has 0 aliphatic carbocycles. The first-order valence-corrected chi connectivity index (χ1v) is 16.1. The molecule has 0 fully saturated rings. The van der Waals surface area contributed by atoms with Gasteiger partial charge in [0.25, 0.3) is 0 Å². The van der Waals surface area contributed by atoms with Gasteiger partial charge in [0.05, 0.1) is 21.4 Å². The molecule has 0 atom stereocenters. The van der Waals surface area contributed by atoms with E-state index >= 15 is 0 Å². The van der Waals surface area contributed by atoms with Crippen LogP contribution in [0.3, 0.4) is 0 Å². The fraction of sp³-hybridized carbons (Fsp3) is 0. The molecule has 0 radical (unpaired) electrons. The van der Waals surface area contributed by atoms with Gasteiger partial charge in [-0.05, 0) is 58.7 Å². The molecule has 0 spiro atoms. The molecular formula is C42H25NOS. The number of nitrogens with zero attached hydrogens (tertiary/aromatic N) is 1. The molecule has 0 saturated carbocycles. The second-order valence-electron chi connectivity index (χ2n) is 11.7. The molecule has 0 amide bonds. The maximum Gasteiger partial charge on any atom is 0.135 e. The Morgan fingerprint density at radius 2 is 1.07 bits per heavy atom. The first kappa shape index (κ1) is 24.8. The highest BCUT2D eigenvalue weighted by molar-refractivity contribution is 7.27. The molecule has 0 bridgehead atoms. The van der Waals surface area contributed by atoms with E-state index in [-0.39, 0.29) is 0 Å². The molecule has 0 aliphatic heterocycles. The predicted octanol–water partition coefficient (Wildman–Crippen LogP) is 12.4. The quantitative estimate of drug-likeness (QED) is 0.200. The smallest absolute Gasteiger partial charge is 0.135 e. The number of thiophene rings is 1. The summed E-state index contributed by atoms with van der Waals surface area (Å²) in [4.78, 5) is 0. The molecule has 0 N–H and O–H groups in total. The van der Waals surface area contributed by atoms with Crippen LogP contribution in [0.5, 0.6) is 0 Å². The van der Waals surface area contributed by atoms with Crippen LogP contribution in [0.2, 0.25) is 0 Å². The summed E-state index contributed by atoms with van der Waals surface area (Å²) in [5, 5.41) is 7.42. The molecule has 10 rings (SSSR count). The molecule has 0 saturated heterocycles. The van der Waals surface area contributed by atoms with E-state index in [0.29, 0.717) is 0 Å². The lowest BCUT2D eigenvalue weighted by molar-refractivity contribution is 0.669. The zero-order chi connectivity index (χ0) is 29.5. The minimum absolute atomic E-state index is 0.918. The third-order valence-corrected chi connectivity index (χ3v) is 10.5. The highest BCUT2D eigenvalue weighted by atomic mass is 32.1. The summed E-state index contributed by atoms with van der Waals surface area (Å²) in [6.45, 7) is 0. The summed E-state index contributed by atoms with van der Waals surface area (Å²) in [6.07, 6.45) is 0. The predicted molar refractivity (Wildman–Crippen MR) is 192 cm³/mol. The van der Waals surface area contributed by atoms with Crippen molar-refractivity contribution < 1.29 is 4.42 Å². The molecule has 3 heteroatoms. The Labute approximate surface area is 263 Å². The van der Waals surface area contributed by atoms with Gasteiger partial charge in [-0.3, -0.25) is 0 Å². The van der Waals surface area contributed by atoms with Crippen LogP contribution in [0.25, 0.3) is 91.9 Å². The van der Waals surface area contributed by atoms with Crippen molar-refractivity contribution >= 4 is 75.3 Å². The Balaban J connectivity index is 1.32. The van der Waals surface area contributed by atoms with E-state index in [0.717, 1.165) is 21.9 Å². The lowest BCUT2D eigenvalue weighted by Crippen LogP contribution is -1.93. The van der Waals surface area contributed by atoms with Crippen LogP contribution in [-0.2, 0) is 0 Å². The zero-order valence-corrected chi connectivity index (χ0v) is 25.0. The summed E-state index contributed by atoms with van der Waals surface area (Å²) in [7, 11) is 0. The molecule has 0 unspecified atom stereocenters. The average Bonchev–Trinajstić information content (AvgIpc) is 3.78. The van der Waals surface area contributed by atoms with Gasteiger partial charge in [-0.1, -0.05) is 115 Å². The molecule has 3 heterocycles. The second-order valence-corrected chi connectivity index (χ2v) is 12.7. The third kappa shape index (κ3) is 3.56. The van der Waals surface area contributed by atoms with Crippen LogP contribution in [0.15, 0.2) is 156 Å². The summed E-state index contributed by atoms with van der Waals surface area (Å²) in [5.41, 5.74) is 10.4. The summed E-state index contributed by atoms with van der Waals surface area (Å²) >= 11 is 1.90. The monoisotopic (exact) mass is 591 g/mol. The Bertz CT molecular complexity index is 2710. The highest BCUT2D eigenvalue weighted by Crippen LogP contribution is 2.48. The first-order chi connectivity index (χ1) is 22.3. The van der Waals surface area contributed by atoms with Gasteiger partial charge in [-0.15, -0.1) is 11.3 Å². The second kappa shape index (κ2) is 9.43. The van der Waals surface area contributed by atoms with E-state index in [2.05, 4.69) is 144 Å². The van der Waals surface area contributed by atoms with E-state index in [9.17, 15) is 0 Å². The standard InChI is InChI=1S/C42H25NOS/c1-2-11-26(12-3-1)29-23-22-28(27-21-24-39-34(25-27)32-15-6-9-20-38(32)44-39)40-33-16-10-19-37(41(33)45-42(29)40)43-35-17-7-4-13-30(35)31-14-5-8-18-36(31)43/h1-25H. The minimum atomic E-state index is 0.918. The van der Waals surface area contributed by atoms with Gasteiger partial charge < -0.3 is 8.98 Å². The maximum absolute atomic E-state index is 6.19. The fourth-order valence-electron chi connectivity index (χ4n) is 7.22. The van der Waals surface area contributed by atoms with Gasteiger partial charge in [-0.2, -0.15) is 0 Å². The molecule has 210 valence electrons. The molecule has 3 aromatic heterocycles. The van der Waals surface area contributed by atoms with Crippen molar-refractivity contribution in [2.24, 2.45) is 0 Å². The molecule has 7 aromatic carbocycles. The van der Waals surface area contributed by atoms with Crippen molar-refractivity contribution in [3.05, 3.63) is 152 Å². The van der Waals surface area contributed by atoms with Crippen LogP contribution < -0.4 is 0 Å². The van der Waals surface area contributed by atoms with E-state index in [4.69, 9.17) is 4.42 Å². The molecule has 10 aromatic rings. The van der Waals surface area contributed by atoms with Gasteiger partial charge in [-0.25, -0.2) is 0 Å². The number of hydrogen-bond acceptors (Lipinski definition) is 2. The van der Waals surface area contributed by atoms with E-state index in [1.165, 1.54) is 69.9 Å². The van der Waals surface area contributed by atoms with Gasteiger partial charge >= 0.3 is 0 Å². The Morgan fingerprint density at radius 3 is 1.87 bits per heavy atom. The number of benzene rings is 7. The largest absolute Gasteiger partial charge is 0.456 e. The lowest BCUT2D eigenvalue weighted by atomic mass is 9.94. The average molecular weight is 592 g/mol. The van der Waals surface area contributed by atoms with Gasteiger partial charge in [0.15, 0.2) is 0 Å². The maximum atomic E-state index is 6.19. The third-order valence-electron chi connectivity index (χ3n) is 9.22. The minimum Gasteiger partial charge on any atom is -0.456 e. The van der Waals surface area contributed by atoms with Crippen LogP contribution in [0, 0.1) is 0 Å². The van der Waals surface area contributed by atoms with Crippen LogP contribution in [-0.4, -0.2) is 4.57 Å². The van der Waals surface area contributed by atoms with Crippen molar-refractivity contribution in [2.75, 3.05) is 0 Å². The number of rotatable bonds is 3. The Kier molecular flexibility index (Phi) is 5.19. The van der Waals surface area contributed by atoms with Crippen LogP contribution in [0.4, 0.5) is 0 Å². The topological polar surface area (TPSA) is 18.1 Å². The van der Waals surface area contributed by atoms with Gasteiger partial charge in [0, 0.05) is 37.0 Å². The van der Waals surface area contributed by atoms with E-state index < -0.39 is 0 Å². The summed E-state index contributed by atoms with van der Waals surface area (Å²) in [6, 6.07) is 54.7. The van der Waals surface area contributed by atoms with Crippen molar-refractivity contribution in [3.63, 3.8) is 0 Å². The van der Waals surface area contributed by atoms with Crippen LogP contribution >= 0.6 is 11.3 Å². The lowest BCUT2D eigenvalue weighted by Gasteiger charge is -2.10. The Morgan fingerprint density at radius 1 is 0.422 bits per heavy atom. The van der Waals surface area contributed by atoms with Crippen molar-refractivity contribution in [1.82, 2.24) is 4.57 Å². The Hall–Kier alpha value is -5.64. The van der Waals surface area contributed by atoms with Gasteiger partial charge in [0.1, 0.15) is 11.2 Å².